The molecule has 0 spiro atoms. The number of non-ortho nitro benzene ring substituents is 1. The number of carbonyl (C=O) groups is 1. The van der Waals surface area contributed by atoms with Crippen LogP contribution in [-0.2, 0) is 12.1 Å². The Hall–Kier alpha value is -3.61. The number of β-amino-alcohol motifs (C(OH)–C–C–N with tert-alkyl or cyclic N) is 1. The van der Waals surface area contributed by atoms with Crippen LogP contribution in [0.3, 0.4) is 0 Å². The summed E-state index contributed by atoms with van der Waals surface area (Å²) < 4.78 is 29.5. The monoisotopic (exact) mass is 486 g/mol. The van der Waals surface area contributed by atoms with Gasteiger partial charge >= 0.3 is 0 Å². The zero-order valence-electron chi connectivity index (χ0n) is 18.8. The van der Waals surface area contributed by atoms with Crippen LogP contribution in [0.1, 0.15) is 15.9 Å². The van der Waals surface area contributed by atoms with E-state index in [9.17, 15) is 28.8 Å². The maximum absolute atomic E-state index is 14.6. The molecule has 1 N–H and O–H groups in total. The Bertz CT molecular complexity index is 1200. The molecule has 1 fully saturated rings. The quantitative estimate of drug-likeness (QED) is 0.277. The van der Waals surface area contributed by atoms with Crippen LogP contribution in [0, 0.1) is 21.7 Å². The number of hydrogen-bond acceptors (Lipinski definition) is 8. The molecule has 0 bridgehead atoms. The van der Waals surface area contributed by atoms with Crippen LogP contribution in [-0.4, -0.2) is 79.6 Å². The third kappa shape index (κ3) is 5.91. The van der Waals surface area contributed by atoms with Crippen LogP contribution in [0.2, 0.25) is 0 Å². The van der Waals surface area contributed by atoms with Gasteiger partial charge in [-0.2, -0.15) is 5.10 Å². The summed E-state index contributed by atoms with van der Waals surface area (Å²) in [7, 11) is 0. The number of carbonyl (C=O) groups excluding carboxylic acids is 1. The fraction of sp³-hybridized carbons (Fsp3) is 0.348. The van der Waals surface area contributed by atoms with Crippen LogP contribution in [0.5, 0.6) is 0 Å². The first-order valence-electron chi connectivity index (χ1n) is 11.0. The van der Waals surface area contributed by atoms with Gasteiger partial charge < -0.3 is 5.11 Å². The van der Waals surface area contributed by atoms with Crippen molar-refractivity contribution in [1.29, 1.82) is 0 Å². The second-order valence-electron chi connectivity index (χ2n) is 8.53. The number of aromatic nitrogens is 3. The smallest absolute Gasteiger partial charge is 0.270 e. The van der Waals surface area contributed by atoms with Crippen molar-refractivity contribution < 1.29 is 23.6 Å². The van der Waals surface area contributed by atoms with Crippen LogP contribution in [0.4, 0.5) is 14.5 Å². The summed E-state index contributed by atoms with van der Waals surface area (Å²) in [6, 6.07) is 8.69. The van der Waals surface area contributed by atoms with Crippen LogP contribution in [0.15, 0.2) is 55.1 Å². The van der Waals surface area contributed by atoms with E-state index < -0.39 is 22.2 Å². The number of nitrogens with zero attached hydrogens (tertiary/aromatic N) is 6. The maximum atomic E-state index is 14.6. The molecule has 0 saturated carbocycles. The molecule has 35 heavy (non-hydrogen) atoms. The lowest BCUT2D eigenvalue weighted by atomic mass is 9.92. The van der Waals surface area contributed by atoms with E-state index in [-0.39, 0.29) is 42.2 Å². The molecule has 3 aromatic rings. The van der Waals surface area contributed by atoms with E-state index in [1.165, 1.54) is 41.6 Å². The van der Waals surface area contributed by atoms with Gasteiger partial charge in [0.15, 0.2) is 5.78 Å². The van der Waals surface area contributed by atoms with Crippen molar-refractivity contribution in [3.05, 3.63) is 88.0 Å². The highest BCUT2D eigenvalue weighted by molar-refractivity contribution is 5.98. The summed E-state index contributed by atoms with van der Waals surface area (Å²) >= 11 is 0. The molecule has 0 amide bonds. The third-order valence-electron chi connectivity index (χ3n) is 6.02. The summed E-state index contributed by atoms with van der Waals surface area (Å²) in [5, 5.41) is 26.5. The highest BCUT2D eigenvalue weighted by Crippen LogP contribution is 2.28. The molecular formula is C23H24F2N6O4. The van der Waals surface area contributed by atoms with Crippen molar-refractivity contribution in [3.8, 4) is 0 Å². The van der Waals surface area contributed by atoms with Crippen LogP contribution in [0.25, 0.3) is 0 Å². The SMILES string of the molecule is O=C(CN1CCN(CC(O)(Cn2cncn2)c2ccc(F)cc2F)CC1)c1cccc([N+](=O)[O-])c1. The Labute approximate surface area is 199 Å². The largest absolute Gasteiger partial charge is 0.382 e. The molecular weight excluding hydrogens is 462 g/mol. The van der Waals surface area contributed by atoms with Gasteiger partial charge in [-0.15, -0.1) is 0 Å². The molecule has 1 atom stereocenters. The van der Waals surface area contributed by atoms with Crippen LogP contribution >= 0.6 is 0 Å². The van der Waals surface area contributed by atoms with Crippen molar-refractivity contribution >= 4 is 11.5 Å². The van der Waals surface area contributed by atoms with Gasteiger partial charge in [0.1, 0.15) is 29.9 Å². The minimum absolute atomic E-state index is 0.0438. The number of halogens is 2. The number of Topliss-reactive ketones (excluding diaryl/α,β-unsaturated/α-hetero) is 1. The molecule has 0 aliphatic carbocycles. The summed E-state index contributed by atoms with van der Waals surface area (Å²) in [6.07, 6.45) is 2.71. The molecule has 2 aromatic carbocycles. The molecule has 1 saturated heterocycles. The van der Waals surface area contributed by atoms with E-state index in [0.717, 1.165) is 12.1 Å². The topological polar surface area (TPSA) is 118 Å². The average molecular weight is 486 g/mol. The lowest BCUT2D eigenvalue weighted by molar-refractivity contribution is -0.384. The molecule has 1 unspecified atom stereocenters. The van der Waals surface area contributed by atoms with Gasteiger partial charge in [-0.1, -0.05) is 18.2 Å². The molecule has 2 heterocycles. The molecule has 4 rings (SSSR count). The van der Waals surface area contributed by atoms with E-state index in [4.69, 9.17) is 0 Å². The van der Waals surface area contributed by atoms with Gasteiger partial charge in [0.25, 0.3) is 5.69 Å². The van der Waals surface area contributed by atoms with Gasteiger partial charge in [0, 0.05) is 62.0 Å². The van der Waals surface area contributed by atoms with Gasteiger partial charge in [-0.25, -0.2) is 18.4 Å². The summed E-state index contributed by atoms with van der Waals surface area (Å²) in [5.74, 6) is -1.82. The molecule has 1 aliphatic heterocycles. The molecule has 1 aliphatic rings. The number of nitro groups is 1. The summed E-state index contributed by atoms with van der Waals surface area (Å²) in [6.45, 7) is 2.07. The van der Waals surface area contributed by atoms with E-state index in [0.29, 0.717) is 26.2 Å². The molecule has 184 valence electrons. The number of aliphatic hydroxyl groups is 1. The number of nitro benzene ring substituents is 1. The summed E-state index contributed by atoms with van der Waals surface area (Å²) in [5.41, 5.74) is -1.61. The highest BCUT2D eigenvalue weighted by atomic mass is 19.1. The Balaban J connectivity index is 1.41. The van der Waals surface area contributed by atoms with Crippen molar-refractivity contribution in [2.75, 3.05) is 39.3 Å². The van der Waals surface area contributed by atoms with Crippen molar-refractivity contribution in [2.45, 2.75) is 12.1 Å². The van der Waals surface area contributed by atoms with Gasteiger partial charge in [0.2, 0.25) is 0 Å². The lowest BCUT2D eigenvalue weighted by Gasteiger charge is -2.39. The van der Waals surface area contributed by atoms with E-state index >= 15 is 0 Å². The molecule has 10 nitrogen and oxygen atoms in total. The predicted octanol–water partition coefficient (Wildman–Crippen LogP) is 1.85. The molecule has 1 aromatic heterocycles. The van der Waals surface area contributed by atoms with Gasteiger partial charge in [-0.3, -0.25) is 24.7 Å². The number of ketones is 1. The molecule has 12 heteroatoms. The fourth-order valence-electron chi connectivity index (χ4n) is 4.23. The average Bonchev–Trinajstić information content (AvgIpc) is 3.33. The number of piperazine rings is 1. The van der Waals surface area contributed by atoms with Crippen molar-refractivity contribution in [2.24, 2.45) is 0 Å². The normalized spacial score (nSPS) is 16.7. The summed E-state index contributed by atoms with van der Waals surface area (Å²) in [4.78, 5) is 30.8. The van der Waals surface area contributed by atoms with Gasteiger partial charge in [-0.05, 0) is 6.07 Å². The minimum Gasteiger partial charge on any atom is -0.382 e. The van der Waals surface area contributed by atoms with Gasteiger partial charge in [0.05, 0.1) is 18.0 Å². The Kier molecular flexibility index (Phi) is 7.24. The third-order valence-corrected chi connectivity index (χ3v) is 6.02. The zero-order chi connectivity index (χ0) is 25.0. The number of hydrogen-bond donors (Lipinski definition) is 1. The lowest BCUT2D eigenvalue weighted by Crippen LogP contribution is -2.53. The first-order valence-corrected chi connectivity index (χ1v) is 11.0. The first-order chi connectivity index (χ1) is 16.7. The zero-order valence-corrected chi connectivity index (χ0v) is 18.8. The predicted molar refractivity (Wildman–Crippen MR) is 121 cm³/mol. The first kappa shape index (κ1) is 24.5. The van der Waals surface area contributed by atoms with E-state index in [1.54, 1.807) is 6.07 Å². The maximum Gasteiger partial charge on any atom is 0.270 e. The number of benzene rings is 2. The second kappa shape index (κ2) is 10.3. The Morgan fingerprint density at radius 1 is 1.09 bits per heavy atom. The number of rotatable bonds is 9. The van der Waals surface area contributed by atoms with Crippen LogP contribution < -0.4 is 0 Å². The fourth-order valence-corrected chi connectivity index (χ4v) is 4.23. The molecule has 0 radical (unpaired) electrons. The standard InChI is InChI=1S/C23H24F2N6O4/c24-18-4-5-20(21(25)11-18)23(33,14-30-16-26-15-27-30)13-29-8-6-28(7-9-29)12-22(32)17-2-1-3-19(10-17)31(34)35/h1-5,10-11,15-16,33H,6-9,12-14H2. The minimum atomic E-state index is -1.70. The van der Waals surface area contributed by atoms with Crippen molar-refractivity contribution in [1.82, 2.24) is 24.6 Å². The van der Waals surface area contributed by atoms with E-state index in [2.05, 4.69) is 10.1 Å². The highest BCUT2D eigenvalue weighted by Gasteiger charge is 2.36. The Morgan fingerprint density at radius 3 is 2.49 bits per heavy atom. The second-order valence-corrected chi connectivity index (χ2v) is 8.53. The van der Waals surface area contributed by atoms with Crippen molar-refractivity contribution in [3.63, 3.8) is 0 Å². The van der Waals surface area contributed by atoms with E-state index in [1.807, 2.05) is 9.80 Å². The Morgan fingerprint density at radius 2 is 1.83 bits per heavy atom.